The highest BCUT2D eigenvalue weighted by Crippen LogP contribution is 2.25. The van der Waals surface area contributed by atoms with Gasteiger partial charge in [0.2, 0.25) is 15.9 Å². The SMILES string of the molecule is CC(=O)c1cccc(NC(=O)CN(c2ccc(Cl)cc2C)S(C)(=O)=O)c1. The van der Waals surface area contributed by atoms with E-state index in [4.69, 9.17) is 11.6 Å². The largest absolute Gasteiger partial charge is 0.324 e. The van der Waals surface area contributed by atoms with E-state index in [1.165, 1.54) is 6.92 Å². The number of nitrogens with zero attached hydrogens (tertiary/aromatic N) is 1. The standard InChI is InChI=1S/C18H19ClN2O4S/c1-12-9-15(19)7-8-17(12)21(26(3,24)25)11-18(23)20-16-6-4-5-14(10-16)13(2)22/h4-10H,11H2,1-3H3,(H,20,23). The van der Waals surface area contributed by atoms with Crippen molar-refractivity contribution >= 4 is 44.7 Å². The molecule has 6 nitrogen and oxygen atoms in total. The quantitative estimate of drug-likeness (QED) is 0.762. The van der Waals surface area contributed by atoms with Gasteiger partial charge < -0.3 is 5.32 Å². The molecular formula is C18H19ClN2O4S. The molecule has 0 saturated carbocycles. The van der Waals surface area contributed by atoms with Crippen LogP contribution in [-0.2, 0) is 14.8 Å². The van der Waals surface area contributed by atoms with Crippen LogP contribution in [0.1, 0.15) is 22.8 Å². The highest BCUT2D eigenvalue weighted by Gasteiger charge is 2.22. The number of Topliss-reactive ketones (excluding diaryl/α,β-unsaturated/α-hetero) is 1. The van der Waals surface area contributed by atoms with Crippen molar-refractivity contribution in [2.45, 2.75) is 13.8 Å². The molecule has 0 aliphatic heterocycles. The van der Waals surface area contributed by atoms with E-state index in [2.05, 4.69) is 5.32 Å². The number of rotatable bonds is 6. The number of anilines is 2. The molecule has 0 unspecified atom stereocenters. The van der Waals surface area contributed by atoms with Crippen molar-refractivity contribution in [3.8, 4) is 0 Å². The van der Waals surface area contributed by atoms with Gasteiger partial charge in [0.25, 0.3) is 0 Å². The van der Waals surface area contributed by atoms with Gasteiger partial charge >= 0.3 is 0 Å². The monoisotopic (exact) mass is 394 g/mol. The number of amides is 1. The topological polar surface area (TPSA) is 83.6 Å². The smallest absolute Gasteiger partial charge is 0.245 e. The summed E-state index contributed by atoms with van der Waals surface area (Å²) in [5.74, 6) is -0.652. The zero-order valence-corrected chi connectivity index (χ0v) is 16.2. The lowest BCUT2D eigenvalue weighted by molar-refractivity contribution is -0.114. The Balaban J connectivity index is 2.25. The summed E-state index contributed by atoms with van der Waals surface area (Å²) in [5, 5.41) is 3.09. The van der Waals surface area contributed by atoms with Gasteiger partial charge in [-0.3, -0.25) is 13.9 Å². The molecule has 0 radical (unpaired) electrons. The van der Waals surface area contributed by atoms with Gasteiger partial charge in [0.05, 0.1) is 11.9 Å². The van der Waals surface area contributed by atoms with Gasteiger partial charge in [-0.05, 0) is 49.7 Å². The number of carbonyl (C=O) groups is 2. The van der Waals surface area contributed by atoms with Crippen LogP contribution in [0.15, 0.2) is 42.5 Å². The minimum Gasteiger partial charge on any atom is -0.324 e. The fraction of sp³-hybridized carbons (Fsp3) is 0.222. The van der Waals surface area contributed by atoms with E-state index in [9.17, 15) is 18.0 Å². The summed E-state index contributed by atoms with van der Waals surface area (Å²) in [5.41, 5.74) is 1.89. The summed E-state index contributed by atoms with van der Waals surface area (Å²) in [6.07, 6.45) is 1.03. The predicted molar refractivity (Wildman–Crippen MR) is 103 cm³/mol. The molecule has 2 aromatic carbocycles. The molecule has 138 valence electrons. The number of halogens is 1. The zero-order chi connectivity index (χ0) is 19.5. The third-order valence-corrected chi connectivity index (χ3v) is 5.03. The van der Waals surface area contributed by atoms with E-state index in [0.717, 1.165) is 10.6 Å². The van der Waals surface area contributed by atoms with Gasteiger partial charge in [-0.2, -0.15) is 0 Å². The first-order valence-electron chi connectivity index (χ1n) is 7.72. The molecule has 0 aliphatic carbocycles. The maximum Gasteiger partial charge on any atom is 0.245 e. The molecule has 2 aromatic rings. The molecule has 8 heteroatoms. The van der Waals surface area contributed by atoms with E-state index in [0.29, 0.717) is 27.5 Å². The highest BCUT2D eigenvalue weighted by molar-refractivity contribution is 7.92. The number of carbonyl (C=O) groups excluding carboxylic acids is 2. The second-order valence-electron chi connectivity index (χ2n) is 5.89. The second kappa shape index (κ2) is 7.88. The van der Waals surface area contributed by atoms with Gasteiger partial charge in [0.15, 0.2) is 5.78 Å². The Hall–Kier alpha value is -2.38. The third-order valence-electron chi connectivity index (χ3n) is 3.67. The van der Waals surface area contributed by atoms with Crippen LogP contribution in [0.4, 0.5) is 11.4 Å². The first kappa shape index (κ1) is 19.9. The number of ketones is 1. The molecule has 0 spiro atoms. The van der Waals surface area contributed by atoms with Gasteiger partial charge in [0.1, 0.15) is 6.54 Å². The second-order valence-corrected chi connectivity index (χ2v) is 8.23. The molecule has 0 saturated heterocycles. The molecule has 0 fully saturated rings. The number of sulfonamides is 1. The van der Waals surface area contributed by atoms with Crippen molar-refractivity contribution in [3.63, 3.8) is 0 Å². The number of benzene rings is 2. The summed E-state index contributed by atoms with van der Waals surface area (Å²) in [6, 6.07) is 11.2. The van der Waals surface area contributed by atoms with Gasteiger partial charge in [-0.25, -0.2) is 8.42 Å². The van der Waals surface area contributed by atoms with Crippen molar-refractivity contribution in [3.05, 3.63) is 58.6 Å². The Morgan fingerprint density at radius 2 is 1.85 bits per heavy atom. The molecule has 0 aliphatic rings. The van der Waals surface area contributed by atoms with E-state index in [1.807, 2.05) is 0 Å². The number of hydrogen-bond acceptors (Lipinski definition) is 4. The lowest BCUT2D eigenvalue weighted by Gasteiger charge is -2.23. The van der Waals surface area contributed by atoms with Crippen LogP contribution < -0.4 is 9.62 Å². The molecule has 1 N–H and O–H groups in total. The number of hydrogen-bond donors (Lipinski definition) is 1. The highest BCUT2D eigenvalue weighted by atomic mass is 35.5. The summed E-state index contributed by atoms with van der Waals surface area (Å²) in [4.78, 5) is 23.8. The first-order valence-corrected chi connectivity index (χ1v) is 9.95. The Morgan fingerprint density at radius 3 is 2.42 bits per heavy atom. The van der Waals surface area contributed by atoms with Gasteiger partial charge in [-0.1, -0.05) is 23.7 Å². The van der Waals surface area contributed by atoms with Crippen molar-refractivity contribution < 1.29 is 18.0 Å². The minimum absolute atomic E-state index is 0.129. The first-order chi connectivity index (χ1) is 12.1. The lowest BCUT2D eigenvalue weighted by atomic mass is 10.1. The average Bonchev–Trinajstić information content (AvgIpc) is 2.52. The molecule has 0 bridgehead atoms. The molecule has 0 heterocycles. The molecule has 0 aromatic heterocycles. The Kier molecular flexibility index (Phi) is 6.05. The van der Waals surface area contributed by atoms with Crippen LogP contribution in [0.2, 0.25) is 5.02 Å². The molecule has 0 atom stereocenters. The van der Waals surface area contributed by atoms with Crippen LogP contribution in [-0.4, -0.2) is 32.9 Å². The Bertz CT molecular complexity index is 957. The minimum atomic E-state index is -3.69. The molecule has 2 rings (SSSR count). The fourth-order valence-electron chi connectivity index (χ4n) is 2.43. The van der Waals surface area contributed by atoms with Gasteiger partial charge in [0, 0.05) is 16.3 Å². The predicted octanol–water partition coefficient (Wildman–Crippen LogP) is 3.26. The Morgan fingerprint density at radius 1 is 1.15 bits per heavy atom. The van der Waals surface area contributed by atoms with E-state index >= 15 is 0 Å². The van der Waals surface area contributed by atoms with Crippen LogP contribution in [0.25, 0.3) is 0 Å². The van der Waals surface area contributed by atoms with Crippen LogP contribution in [0.3, 0.4) is 0 Å². The van der Waals surface area contributed by atoms with Crippen LogP contribution in [0, 0.1) is 6.92 Å². The molecule has 26 heavy (non-hydrogen) atoms. The van der Waals surface area contributed by atoms with E-state index < -0.39 is 22.5 Å². The number of nitrogens with one attached hydrogen (secondary N) is 1. The maximum atomic E-state index is 12.4. The van der Waals surface area contributed by atoms with Crippen molar-refractivity contribution in [2.24, 2.45) is 0 Å². The van der Waals surface area contributed by atoms with Crippen molar-refractivity contribution in [2.75, 3.05) is 22.4 Å². The average molecular weight is 395 g/mol. The Labute approximate surface area is 157 Å². The normalized spacial score (nSPS) is 11.1. The van der Waals surface area contributed by atoms with Crippen molar-refractivity contribution in [1.29, 1.82) is 0 Å². The summed E-state index contributed by atoms with van der Waals surface area (Å²) < 4.78 is 25.4. The lowest BCUT2D eigenvalue weighted by Crippen LogP contribution is -2.37. The summed E-state index contributed by atoms with van der Waals surface area (Å²) >= 11 is 5.91. The summed E-state index contributed by atoms with van der Waals surface area (Å²) in [6.45, 7) is 2.74. The number of aryl methyl sites for hydroxylation is 1. The third kappa shape index (κ3) is 5.06. The zero-order valence-electron chi connectivity index (χ0n) is 14.6. The van der Waals surface area contributed by atoms with E-state index in [1.54, 1.807) is 49.4 Å². The summed E-state index contributed by atoms with van der Waals surface area (Å²) in [7, 11) is -3.69. The van der Waals surface area contributed by atoms with E-state index in [-0.39, 0.29) is 5.78 Å². The van der Waals surface area contributed by atoms with Crippen LogP contribution >= 0.6 is 11.6 Å². The van der Waals surface area contributed by atoms with Crippen LogP contribution in [0.5, 0.6) is 0 Å². The molecular weight excluding hydrogens is 376 g/mol. The van der Waals surface area contributed by atoms with Crippen molar-refractivity contribution in [1.82, 2.24) is 0 Å². The molecule has 1 amide bonds. The maximum absolute atomic E-state index is 12.4. The fourth-order valence-corrected chi connectivity index (χ4v) is 3.57. The van der Waals surface area contributed by atoms with Gasteiger partial charge in [-0.15, -0.1) is 0 Å².